The van der Waals surface area contributed by atoms with Gasteiger partial charge < -0.3 is 15.7 Å². The van der Waals surface area contributed by atoms with Crippen molar-refractivity contribution in [3.05, 3.63) is 35.9 Å². The van der Waals surface area contributed by atoms with Gasteiger partial charge in [-0.15, -0.1) is 0 Å². The topological polar surface area (TPSA) is 62.4 Å². The van der Waals surface area contributed by atoms with Crippen molar-refractivity contribution >= 4 is 16.7 Å². The van der Waals surface area contributed by atoms with Gasteiger partial charge in [-0.1, -0.05) is 18.2 Å². The number of nitrogens with two attached hydrogens (primary N) is 1. The quantitative estimate of drug-likeness (QED) is 0.857. The molecular weight excluding hydrogens is 226 g/mol. The second-order valence-corrected chi connectivity index (χ2v) is 4.50. The SMILES string of the molecule is CC(CO)N(C)c1cc(CN)c2ccccc2n1. The zero-order chi connectivity index (χ0) is 13.1. The van der Waals surface area contributed by atoms with Crippen LogP contribution in [0.25, 0.3) is 10.9 Å². The molecule has 0 bridgehead atoms. The van der Waals surface area contributed by atoms with E-state index in [-0.39, 0.29) is 12.6 Å². The number of likely N-dealkylation sites (N-methyl/N-ethyl adjacent to an activating group) is 1. The fourth-order valence-corrected chi connectivity index (χ4v) is 1.93. The maximum Gasteiger partial charge on any atom is 0.129 e. The van der Waals surface area contributed by atoms with E-state index in [0.717, 1.165) is 22.3 Å². The van der Waals surface area contributed by atoms with Crippen molar-refractivity contribution in [2.75, 3.05) is 18.6 Å². The molecule has 0 fully saturated rings. The van der Waals surface area contributed by atoms with Gasteiger partial charge >= 0.3 is 0 Å². The number of anilines is 1. The van der Waals surface area contributed by atoms with E-state index >= 15 is 0 Å². The molecule has 0 radical (unpaired) electrons. The van der Waals surface area contributed by atoms with Crippen LogP contribution in [0.3, 0.4) is 0 Å². The number of rotatable bonds is 4. The summed E-state index contributed by atoms with van der Waals surface area (Å²) < 4.78 is 0. The maximum absolute atomic E-state index is 9.21. The summed E-state index contributed by atoms with van der Waals surface area (Å²) in [5, 5.41) is 10.3. The lowest BCUT2D eigenvalue weighted by Crippen LogP contribution is -2.32. The molecule has 1 aromatic heterocycles. The minimum Gasteiger partial charge on any atom is -0.394 e. The summed E-state index contributed by atoms with van der Waals surface area (Å²) in [5.74, 6) is 0.843. The number of pyridine rings is 1. The summed E-state index contributed by atoms with van der Waals surface area (Å²) >= 11 is 0. The van der Waals surface area contributed by atoms with Crippen LogP contribution in [0.2, 0.25) is 0 Å². The van der Waals surface area contributed by atoms with E-state index in [0.29, 0.717) is 6.54 Å². The molecule has 1 atom stereocenters. The summed E-state index contributed by atoms with van der Waals surface area (Å²) in [6.07, 6.45) is 0. The second-order valence-electron chi connectivity index (χ2n) is 4.50. The highest BCUT2D eigenvalue weighted by atomic mass is 16.3. The van der Waals surface area contributed by atoms with Crippen molar-refractivity contribution in [1.82, 2.24) is 4.98 Å². The number of benzene rings is 1. The fraction of sp³-hybridized carbons (Fsp3) is 0.357. The highest BCUT2D eigenvalue weighted by Gasteiger charge is 2.12. The number of hydrogen-bond donors (Lipinski definition) is 2. The molecule has 1 heterocycles. The largest absolute Gasteiger partial charge is 0.394 e. The van der Waals surface area contributed by atoms with Crippen molar-refractivity contribution in [3.63, 3.8) is 0 Å². The smallest absolute Gasteiger partial charge is 0.129 e. The number of aliphatic hydroxyl groups is 1. The molecule has 1 aromatic carbocycles. The van der Waals surface area contributed by atoms with E-state index in [2.05, 4.69) is 4.98 Å². The molecule has 0 saturated carbocycles. The molecule has 0 aliphatic rings. The van der Waals surface area contributed by atoms with Crippen LogP contribution in [0.1, 0.15) is 12.5 Å². The Kier molecular flexibility index (Phi) is 3.79. The summed E-state index contributed by atoms with van der Waals surface area (Å²) in [5.41, 5.74) is 7.81. The lowest BCUT2D eigenvalue weighted by Gasteiger charge is -2.25. The average Bonchev–Trinajstić information content (AvgIpc) is 2.44. The van der Waals surface area contributed by atoms with Gasteiger partial charge in [0.05, 0.1) is 18.2 Å². The van der Waals surface area contributed by atoms with Crippen molar-refractivity contribution in [3.8, 4) is 0 Å². The number of fused-ring (bicyclic) bond motifs is 1. The first-order valence-corrected chi connectivity index (χ1v) is 6.09. The van der Waals surface area contributed by atoms with Crippen LogP contribution >= 0.6 is 0 Å². The van der Waals surface area contributed by atoms with Gasteiger partial charge in [0.2, 0.25) is 0 Å². The third-order valence-corrected chi connectivity index (χ3v) is 3.30. The minimum atomic E-state index is 0.0317. The molecule has 3 N–H and O–H groups in total. The Labute approximate surface area is 107 Å². The Morgan fingerprint density at radius 1 is 1.39 bits per heavy atom. The monoisotopic (exact) mass is 245 g/mol. The standard InChI is InChI=1S/C14H19N3O/c1-10(9-18)17(2)14-7-11(8-15)12-5-3-4-6-13(12)16-14/h3-7,10,18H,8-9,15H2,1-2H3. The van der Waals surface area contributed by atoms with E-state index in [9.17, 15) is 5.11 Å². The van der Waals surface area contributed by atoms with Crippen molar-refractivity contribution in [2.24, 2.45) is 5.73 Å². The van der Waals surface area contributed by atoms with Gasteiger partial charge in [-0.05, 0) is 24.6 Å². The summed E-state index contributed by atoms with van der Waals surface area (Å²) in [4.78, 5) is 6.58. The maximum atomic E-state index is 9.21. The van der Waals surface area contributed by atoms with Crippen LogP contribution in [0.5, 0.6) is 0 Å². The van der Waals surface area contributed by atoms with E-state index in [4.69, 9.17) is 5.73 Å². The Morgan fingerprint density at radius 2 is 2.11 bits per heavy atom. The average molecular weight is 245 g/mol. The van der Waals surface area contributed by atoms with Gasteiger partial charge in [-0.2, -0.15) is 0 Å². The van der Waals surface area contributed by atoms with E-state index < -0.39 is 0 Å². The highest BCUT2D eigenvalue weighted by molar-refractivity contribution is 5.84. The van der Waals surface area contributed by atoms with Crippen molar-refractivity contribution in [1.29, 1.82) is 0 Å². The molecule has 0 aliphatic heterocycles. The lowest BCUT2D eigenvalue weighted by molar-refractivity contribution is 0.270. The van der Waals surface area contributed by atoms with Crippen LogP contribution in [0.15, 0.2) is 30.3 Å². The Hall–Kier alpha value is -1.65. The number of aliphatic hydroxyl groups excluding tert-OH is 1. The van der Waals surface area contributed by atoms with Gasteiger partial charge in [-0.3, -0.25) is 0 Å². The molecule has 2 aromatic rings. The molecule has 0 spiro atoms. The normalized spacial score (nSPS) is 12.7. The number of hydrogen-bond acceptors (Lipinski definition) is 4. The molecule has 2 rings (SSSR count). The molecule has 18 heavy (non-hydrogen) atoms. The van der Waals surface area contributed by atoms with Crippen LogP contribution in [0.4, 0.5) is 5.82 Å². The number of nitrogens with zero attached hydrogens (tertiary/aromatic N) is 2. The molecule has 1 unspecified atom stereocenters. The van der Waals surface area contributed by atoms with Crippen LogP contribution in [-0.4, -0.2) is 29.8 Å². The first kappa shape index (κ1) is 12.8. The Bertz CT molecular complexity index is 542. The molecule has 0 amide bonds. The molecule has 4 nitrogen and oxygen atoms in total. The van der Waals surface area contributed by atoms with Gasteiger partial charge in [0.1, 0.15) is 5.82 Å². The van der Waals surface area contributed by atoms with Crippen molar-refractivity contribution in [2.45, 2.75) is 19.5 Å². The lowest BCUT2D eigenvalue weighted by atomic mass is 10.1. The zero-order valence-electron chi connectivity index (χ0n) is 10.8. The van der Waals surface area contributed by atoms with Gasteiger partial charge in [-0.25, -0.2) is 4.98 Å². The first-order chi connectivity index (χ1) is 8.67. The van der Waals surface area contributed by atoms with Gasteiger partial charge in [0.15, 0.2) is 0 Å². The van der Waals surface area contributed by atoms with E-state index in [1.165, 1.54) is 0 Å². The molecular formula is C14H19N3O. The Balaban J connectivity index is 2.53. The third-order valence-electron chi connectivity index (χ3n) is 3.30. The predicted octanol–water partition coefficient (Wildman–Crippen LogP) is 1.51. The number of aromatic nitrogens is 1. The van der Waals surface area contributed by atoms with Crippen LogP contribution in [0, 0.1) is 0 Å². The second kappa shape index (κ2) is 5.33. The van der Waals surface area contributed by atoms with Gasteiger partial charge in [0.25, 0.3) is 0 Å². The van der Waals surface area contributed by atoms with Gasteiger partial charge in [0, 0.05) is 19.0 Å². The minimum absolute atomic E-state index is 0.0317. The predicted molar refractivity (Wildman–Crippen MR) is 74.6 cm³/mol. The molecule has 0 aliphatic carbocycles. The van der Waals surface area contributed by atoms with E-state index in [1.54, 1.807) is 0 Å². The summed E-state index contributed by atoms with van der Waals surface area (Å²) in [6, 6.07) is 10.00. The molecule has 4 heteroatoms. The zero-order valence-corrected chi connectivity index (χ0v) is 10.8. The summed E-state index contributed by atoms with van der Waals surface area (Å²) in [6.45, 7) is 2.54. The van der Waals surface area contributed by atoms with E-state index in [1.807, 2.05) is 49.2 Å². The third kappa shape index (κ3) is 2.30. The van der Waals surface area contributed by atoms with Crippen LogP contribution in [-0.2, 0) is 6.54 Å². The highest BCUT2D eigenvalue weighted by Crippen LogP contribution is 2.23. The first-order valence-electron chi connectivity index (χ1n) is 6.09. The number of para-hydroxylation sites is 1. The molecule has 96 valence electrons. The Morgan fingerprint density at radius 3 is 2.78 bits per heavy atom. The van der Waals surface area contributed by atoms with Crippen LogP contribution < -0.4 is 10.6 Å². The fourth-order valence-electron chi connectivity index (χ4n) is 1.93. The molecule has 0 saturated heterocycles. The van der Waals surface area contributed by atoms with Crippen molar-refractivity contribution < 1.29 is 5.11 Å². The summed E-state index contributed by atoms with van der Waals surface area (Å²) in [7, 11) is 1.93.